The van der Waals surface area contributed by atoms with Gasteiger partial charge in [0.2, 0.25) is 0 Å². The van der Waals surface area contributed by atoms with E-state index in [1.807, 2.05) is 18.2 Å². The SMILES string of the molecule is O=C(NCC(c1ccc(F)cc1)N1CCCC1)c1cn(CCCc2ccccc2)nn1. The fourth-order valence-electron chi connectivity index (χ4n) is 4.08. The van der Waals surface area contributed by atoms with Crippen LogP contribution in [-0.4, -0.2) is 45.4 Å². The highest BCUT2D eigenvalue weighted by Gasteiger charge is 2.24. The lowest BCUT2D eigenvalue weighted by Gasteiger charge is -2.28. The zero-order valence-corrected chi connectivity index (χ0v) is 17.6. The molecule has 0 bridgehead atoms. The van der Waals surface area contributed by atoms with Crippen LogP contribution in [0.15, 0.2) is 60.8 Å². The summed E-state index contributed by atoms with van der Waals surface area (Å²) < 4.78 is 15.1. The highest BCUT2D eigenvalue weighted by Crippen LogP contribution is 2.25. The molecule has 0 radical (unpaired) electrons. The van der Waals surface area contributed by atoms with E-state index in [-0.39, 0.29) is 17.8 Å². The van der Waals surface area contributed by atoms with Gasteiger partial charge in [-0.1, -0.05) is 47.7 Å². The molecule has 31 heavy (non-hydrogen) atoms. The number of hydrogen-bond acceptors (Lipinski definition) is 4. The number of rotatable bonds is 9. The fraction of sp³-hybridized carbons (Fsp3) is 0.375. The van der Waals surface area contributed by atoms with E-state index in [1.165, 1.54) is 17.7 Å². The first-order chi connectivity index (χ1) is 15.2. The van der Waals surface area contributed by atoms with Crippen LogP contribution in [0.3, 0.4) is 0 Å². The number of carbonyl (C=O) groups is 1. The molecule has 6 nitrogen and oxygen atoms in total. The van der Waals surface area contributed by atoms with Crippen molar-refractivity contribution in [2.45, 2.75) is 38.3 Å². The van der Waals surface area contributed by atoms with Crippen LogP contribution in [0.4, 0.5) is 4.39 Å². The Morgan fingerprint density at radius 3 is 2.55 bits per heavy atom. The summed E-state index contributed by atoms with van der Waals surface area (Å²) in [5.41, 5.74) is 2.61. The lowest BCUT2D eigenvalue weighted by atomic mass is 10.1. The Hall–Kier alpha value is -3.06. The van der Waals surface area contributed by atoms with E-state index in [1.54, 1.807) is 23.0 Å². The van der Waals surface area contributed by atoms with Gasteiger partial charge < -0.3 is 5.32 Å². The second-order valence-electron chi connectivity index (χ2n) is 7.98. The molecule has 162 valence electrons. The zero-order valence-electron chi connectivity index (χ0n) is 17.6. The highest BCUT2D eigenvalue weighted by atomic mass is 19.1. The van der Waals surface area contributed by atoms with Crippen LogP contribution in [-0.2, 0) is 13.0 Å². The van der Waals surface area contributed by atoms with Crippen LogP contribution in [0.25, 0.3) is 0 Å². The zero-order chi connectivity index (χ0) is 21.5. The van der Waals surface area contributed by atoms with E-state index >= 15 is 0 Å². The van der Waals surface area contributed by atoms with Crippen molar-refractivity contribution in [2.24, 2.45) is 0 Å². The maximum Gasteiger partial charge on any atom is 0.273 e. The van der Waals surface area contributed by atoms with Gasteiger partial charge in [0.05, 0.1) is 12.2 Å². The molecule has 3 aromatic rings. The number of likely N-dealkylation sites (tertiary alicyclic amines) is 1. The third kappa shape index (κ3) is 5.76. The van der Waals surface area contributed by atoms with Gasteiger partial charge in [0.25, 0.3) is 5.91 Å². The summed E-state index contributed by atoms with van der Waals surface area (Å²) in [6, 6.07) is 16.9. The Labute approximate surface area is 182 Å². The van der Waals surface area contributed by atoms with E-state index < -0.39 is 0 Å². The molecule has 1 aromatic heterocycles. The Kier molecular flexibility index (Phi) is 7.04. The third-order valence-corrected chi connectivity index (χ3v) is 5.76. The van der Waals surface area contributed by atoms with Crippen LogP contribution in [0, 0.1) is 5.82 Å². The number of benzene rings is 2. The van der Waals surface area contributed by atoms with Gasteiger partial charge in [0, 0.05) is 13.1 Å². The van der Waals surface area contributed by atoms with Gasteiger partial charge in [0.15, 0.2) is 5.69 Å². The number of carbonyl (C=O) groups excluding carboxylic acids is 1. The van der Waals surface area contributed by atoms with Crippen LogP contribution >= 0.6 is 0 Å². The summed E-state index contributed by atoms with van der Waals surface area (Å²) in [5.74, 6) is -0.488. The van der Waals surface area contributed by atoms with Gasteiger partial charge >= 0.3 is 0 Å². The minimum Gasteiger partial charge on any atom is -0.349 e. The first-order valence-corrected chi connectivity index (χ1v) is 10.9. The second-order valence-corrected chi connectivity index (χ2v) is 7.98. The largest absolute Gasteiger partial charge is 0.349 e. The highest BCUT2D eigenvalue weighted by molar-refractivity contribution is 5.91. The molecule has 1 saturated heterocycles. The summed E-state index contributed by atoms with van der Waals surface area (Å²) >= 11 is 0. The van der Waals surface area contributed by atoms with E-state index in [2.05, 4.69) is 32.7 Å². The number of aromatic nitrogens is 3. The maximum absolute atomic E-state index is 13.3. The molecular weight excluding hydrogens is 393 g/mol. The molecule has 4 rings (SSSR count). The molecule has 0 aliphatic carbocycles. The number of amides is 1. The van der Waals surface area contributed by atoms with E-state index in [9.17, 15) is 9.18 Å². The van der Waals surface area contributed by atoms with Crippen LogP contribution < -0.4 is 5.32 Å². The minimum absolute atomic E-state index is 0.0213. The first-order valence-electron chi connectivity index (χ1n) is 10.9. The van der Waals surface area contributed by atoms with E-state index in [4.69, 9.17) is 0 Å². The second kappa shape index (κ2) is 10.3. The van der Waals surface area contributed by atoms with Gasteiger partial charge in [-0.25, -0.2) is 4.39 Å². The Balaban J connectivity index is 1.32. The van der Waals surface area contributed by atoms with Crippen molar-refractivity contribution in [1.29, 1.82) is 0 Å². The van der Waals surface area contributed by atoms with Crippen molar-refractivity contribution in [3.8, 4) is 0 Å². The van der Waals surface area contributed by atoms with Gasteiger partial charge in [-0.05, 0) is 62.0 Å². The number of halogens is 1. The Morgan fingerprint density at radius 2 is 1.81 bits per heavy atom. The Bertz CT molecular complexity index is 967. The molecular formula is C24H28FN5O. The number of hydrogen-bond donors (Lipinski definition) is 1. The van der Waals surface area contributed by atoms with Gasteiger partial charge in [-0.3, -0.25) is 14.4 Å². The molecule has 7 heteroatoms. The van der Waals surface area contributed by atoms with Gasteiger partial charge in [-0.2, -0.15) is 0 Å². The standard InChI is InChI=1S/C24H28FN5O/c25-21-12-10-20(11-13-21)23(29-14-4-5-15-29)17-26-24(31)22-18-30(28-27-22)16-6-9-19-7-2-1-3-8-19/h1-3,7-8,10-13,18,23H,4-6,9,14-17H2,(H,26,31). The maximum atomic E-state index is 13.3. The smallest absolute Gasteiger partial charge is 0.273 e. The molecule has 1 N–H and O–H groups in total. The molecule has 0 saturated carbocycles. The first kappa shape index (κ1) is 21.2. The number of nitrogens with zero attached hydrogens (tertiary/aromatic N) is 4. The molecule has 1 aliphatic heterocycles. The third-order valence-electron chi connectivity index (χ3n) is 5.76. The molecule has 1 fully saturated rings. The predicted molar refractivity (Wildman–Crippen MR) is 117 cm³/mol. The lowest BCUT2D eigenvalue weighted by molar-refractivity contribution is 0.0932. The van der Waals surface area contributed by atoms with Crippen LogP contribution in [0.2, 0.25) is 0 Å². The predicted octanol–water partition coefficient (Wildman–Crippen LogP) is 3.62. The molecule has 0 spiro atoms. The van der Waals surface area contributed by atoms with Crippen molar-refractivity contribution < 1.29 is 9.18 Å². The van der Waals surface area contributed by atoms with Crippen LogP contribution in [0.5, 0.6) is 0 Å². The average molecular weight is 422 g/mol. The molecule has 2 heterocycles. The number of nitrogens with one attached hydrogen (secondary N) is 1. The lowest BCUT2D eigenvalue weighted by Crippen LogP contribution is -2.37. The molecule has 1 atom stereocenters. The summed E-state index contributed by atoms with van der Waals surface area (Å²) in [5, 5.41) is 11.1. The van der Waals surface area contributed by atoms with Crippen molar-refractivity contribution in [2.75, 3.05) is 19.6 Å². The average Bonchev–Trinajstić information content (AvgIpc) is 3.48. The quantitative estimate of drug-likeness (QED) is 0.573. The van der Waals surface area contributed by atoms with Crippen molar-refractivity contribution >= 4 is 5.91 Å². The monoisotopic (exact) mass is 421 g/mol. The fourth-order valence-corrected chi connectivity index (χ4v) is 4.08. The van der Waals surface area contributed by atoms with Gasteiger partial charge in [0.1, 0.15) is 5.82 Å². The van der Waals surface area contributed by atoms with Crippen molar-refractivity contribution in [3.05, 3.63) is 83.4 Å². The summed E-state index contributed by atoms with van der Waals surface area (Å²) in [7, 11) is 0. The summed E-state index contributed by atoms with van der Waals surface area (Å²) in [4.78, 5) is 15.0. The molecule has 1 amide bonds. The molecule has 1 unspecified atom stereocenters. The Morgan fingerprint density at radius 1 is 1.06 bits per heavy atom. The topological polar surface area (TPSA) is 63.1 Å². The van der Waals surface area contributed by atoms with Gasteiger partial charge in [-0.15, -0.1) is 5.10 Å². The van der Waals surface area contributed by atoms with E-state index in [0.29, 0.717) is 18.8 Å². The molecule has 2 aromatic carbocycles. The number of aryl methyl sites for hydroxylation is 2. The van der Waals surface area contributed by atoms with E-state index in [0.717, 1.165) is 44.3 Å². The van der Waals surface area contributed by atoms with Crippen molar-refractivity contribution in [3.63, 3.8) is 0 Å². The molecule has 1 aliphatic rings. The normalized spacial score (nSPS) is 15.1. The summed E-state index contributed by atoms with van der Waals surface area (Å²) in [6.45, 7) is 3.12. The van der Waals surface area contributed by atoms with Crippen molar-refractivity contribution in [1.82, 2.24) is 25.2 Å². The summed E-state index contributed by atoms with van der Waals surface area (Å²) in [6.07, 6.45) is 5.86. The minimum atomic E-state index is -0.253. The van der Waals surface area contributed by atoms with Crippen LogP contribution in [0.1, 0.15) is 46.9 Å².